The summed E-state index contributed by atoms with van der Waals surface area (Å²) in [6.45, 7) is 0. The fourth-order valence-corrected chi connectivity index (χ4v) is 0.863. The highest BCUT2D eigenvalue weighted by Gasteiger charge is 2.02. The largest absolute Gasteiger partial charge is 0.312 e. The summed E-state index contributed by atoms with van der Waals surface area (Å²) in [5.74, 6) is 0. The third kappa shape index (κ3) is 2.22. The molecule has 0 aromatic heterocycles. The van der Waals surface area contributed by atoms with Crippen molar-refractivity contribution < 1.29 is 0 Å². The zero-order valence-corrected chi connectivity index (χ0v) is 6.64. The minimum atomic E-state index is -0.530. The average molecular weight is 158 g/mol. The van der Waals surface area contributed by atoms with Crippen LogP contribution in [0.1, 0.15) is 0 Å². The van der Waals surface area contributed by atoms with E-state index in [1.807, 2.05) is 48.6 Å². The number of rotatable bonds is 1. The van der Waals surface area contributed by atoms with E-state index >= 15 is 0 Å². The number of nitriles is 1. The van der Waals surface area contributed by atoms with Crippen LogP contribution in [0.15, 0.2) is 48.1 Å². The highest BCUT2D eigenvalue weighted by atomic mass is 14.6. The minimum absolute atomic E-state index is 0.530. The summed E-state index contributed by atoms with van der Waals surface area (Å²) < 4.78 is 0. The van der Waals surface area contributed by atoms with Crippen molar-refractivity contribution in [3.05, 3.63) is 48.1 Å². The van der Waals surface area contributed by atoms with E-state index in [9.17, 15) is 0 Å². The van der Waals surface area contributed by atoms with Crippen molar-refractivity contribution in [3.63, 3.8) is 0 Å². The average Bonchev–Trinajstić information content (AvgIpc) is 2.02. The van der Waals surface area contributed by atoms with Gasteiger partial charge in [-0.15, -0.1) is 0 Å². The molecule has 0 amide bonds. The van der Waals surface area contributed by atoms with Crippen LogP contribution in [0.4, 0.5) is 0 Å². The summed E-state index contributed by atoms with van der Waals surface area (Å²) in [6, 6.07) is 1.45. The molecule has 2 heteroatoms. The lowest BCUT2D eigenvalue weighted by Gasteiger charge is -2.02. The Morgan fingerprint density at radius 2 is 1.83 bits per heavy atom. The number of nitrogens with two attached hydrogens (primary N) is 1. The maximum absolute atomic E-state index is 8.56. The van der Waals surface area contributed by atoms with Gasteiger partial charge in [-0.2, -0.15) is 5.26 Å². The Hall–Kier alpha value is -1.59. The van der Waals surface area contributed by atoms with Gasteiger partial charge in [0.2, 0.25) is 0 Å². The molecule has 1 atom stereocenters. The van der Waals surface area contributed by atoms with Crippen molar-refractivity contribution in [2.24, 2.45) is 5.73 Å². The van der Waals surface area contributed by atoms with Gasteiger partial charge in [0.15, 0.2) is 0 Å². The molecule has 1 rings (SSSR count). The van der Waals surface area contributed by atoms with E-state index in [2.05, 4.69) is 0 Å². The van der Waals surface area contributed by atoms with Crippen molar-refractivity contribution in [1.82, 2.24) is 0 Å². The number of hydrogen-bond acceptors (Lipinski definition) is 2. The minimum Gasteiger partial charge on any atom is -0.312 e. The molecule has 0 heterocycles. The first-order chi connectivity index (χ1) is 5.84. The molecule has 0 spiro atoms. The Kier molecular flexibility index (Phi) is 3.06. The molecule has 0 fully saturated rings. The predicted molar refractivity (Wildman–Crippen MR) is 49.1 cm³/mol. The lowest BCUT2D eigenvalue weighted by atomic mass is 10.1. The fraction of sp³-hybridized carbons (Fsp3) is 0.100. The van der Waals surface area contributed by atoms with Crippen molar-refractivity contribution in [3.8, 4) is 6.07 Å². The van der Waals surface area contributed by atoms with Crippen LogP contribution in [-0.4, -0.2) is 6.04 Å². The second-order valence-corrected chi connectivity index (χ2v) is 2.40. The van der Waals surface area contributed by atoms with Crippen molar-refractivity contribution in [2.45, 2.75) is 6.04 Å². The Bertz CT molecular complexity index is 300. The van der Waals surface area contributed by atoms with Crippen LogP contribution in [0.25, 0.3) is 0 Å². The van der Waals surface area contributed by atoms with Gasteiger partial charge in [-0.3, -0.25) is 0 Å². The molecule has 1 aliphatic carbocycles. The van der Waals surface area contributed by atoms with Crippen LogP contribution in [0, 0.1) is 11.3 Å². The van der Waals surface area contributed by atoms with Crippen molar-refractivity contribution >= 4 is 0 Å². The van der Waals surface area contributed by atoms with E-state index in [0.29, 0.717) is 0 Å². The Balaban J connectivity index is 2.84. The zero-order valence-electron chi connectivity index (χ0n) is 6.64. The first kappa shape index (κ1) is 8.51. The van der Waals surface area contributed by atoms with E-state index in [1.54, 1.807) is 0 Å². The smallest absolute Gasteiger partial charge is 0.118 e. The standard InChI is InChI=1S/C10H10N2/c11-8-10(12)9-6-4-2-1-3-5-7-9/h1-7,10H,12H2/b2-1-,3-1?,4-2?,5-3-,6-4-,7-5?,9-6?,9-7+. The first-order valence-corrected chi connectivity index (χ1v) is 3.71. The molecule has 2 nitrogen and oxygen atoms in total. The Morgan fingerprint density at radius 3 is 2.58 bits per heavy atom. The predicted octanol–water partition coefficient (Wildman–Crippen LogP) is 1.45. The Labute approximate surface area is 72.0 Å². The lowest BCUT2D eigenvalue weighted by Crippen LogP contribution is -2.18. The van der Waals surface area contributed by atoms with E-state index < -0.39 is 6.04 Å². The van der Waals surface area contributed by atoms with Gasteiger partial charge in [-0.25, -0.2) is 0 Å². The van der Waals surface area contributed by atoms with Gasteiger partial charge in [0.05, 0.1) is 6.07 Å². The quantitative estimate of drug-likeness (QED) is 0.627. The third-order valence-corrected chi connectivity index (χ3v) is 1.52. The van der Waals surface area contributed by atoms with Gasteiger partial charge < -0.3 is 5.73 Å². The summed E-state index contributed by atoms with van der Waals surface area (Å²) in [5, 5.41) is 8.56. The molecule has 0 aromatic rings. The molecular weight excluding hydrogens is 148 g/mol. The Morgan fingerprint density at radius 1 is 1.17 bits per heavy atom. The van der Waals surface area contributed by atoms with E-state index in [0.717, 1.165) is 5.57 Å². The fourth-order valence-electron chi connectivity index (χ4n) is 0.863. The summed E-state index contributed by atoms with van der Waals surface area (Å²) >= 11 is 0. The van der Waals surface area contributed by atoms with E-state index in [-0.39, 0.29) is 0 Å². The maximum Gasteiger partial charge on any atom is 0.118 e. The topological polar surface area (TPSA) is 49.8 Å². The molecular formula is C10H10N2. The molecule has 0 radical (unpaired) electrons. The highest BCUT2D eigenvalue weighted by Crippen LogP contribution is 2.04. The molecule has 2 N–H and O–H groups in total. The summed E-state index contributed by atoms with van der Waals surface area (Å²) in [4.78, 5) is 0. The molecule has 0 saturated carbocycles. The first-order valence-electron chi connectivity index (χ1n) is 3.71. The van der Waals surface area contributed by atoms with Crippen LogP contribution in [-0.2, 0) is 0 Å². The van der Waals surface area contributed by atoms with Crippen molar-refractivity contribution in [2.75, 3.05) is 0 Å². The highest BCUT2D eigenvalue weighted by molar-refractivity contribution is 5.36. The van der Waals surface area contributed by atoms with Gasteiger partial charge in [0.25, 0.3) is 0 Å². The van der Waals surface area contributed by atoms with Crippen LogP contribution in [0.2, 0.25) is 0 Å². The zero-order chi connectivity index (χ0) is 8.81. The summed E-state index contributed by atoms with van der Waals surface area (Å²) in [5.41, 5.74) is 6.36. The molecule has 1 unspecified atom stereocenters. The van der Waals surface area contributed by atoms with Gasteiger partial charge in [-0.05, 0) is 5.57 Å². The van der Waals surface area contributed by atoms with Crippen LogP contribution in [0.3, 0.4) is 0 Å². The third-order valence-electron chi connectivity index (χ3n) is 1.52. The molecule has 0 aliphatic heterocycles. The molecule has 12 heavy (non-hydrogen) atoms. The van der Waals surface area contributed by atoms with Gasteiger partial charge in [0.1, 0.15) is 6.04 Å². The molecule has 0 saturated heterocycles. The van der Waals surface area contributed by atoms with Crippen LogP contribution >= 0.6 is 0 Å². The maximum atomic E-state index is 8.56. The molecule has 60 valence electrons. The SMILES string of the molecule is N#CC(N)C1=C/C=C\C=C/C=C\1. The normalized spacial score (nSPS) is 29.8. The second kappa shape index (κ2) is 4.32. The van der Waals surface area contributed by atoms with Crippen LogP contribution < -0.4 is 5.73 Å². The monoisotopic (exact) mass is 158 g/mol. The molecule has 1 aliphatic rings. The van der Waals surface area contributed by atoms with Gasteiger partial charge in [-0.1, -0.05) is 42.5 Å². The van der Waals surface area contributed by atoms with Gasteiger partial charge >= 0.3 is 0 Å². The van der Waals surface area contributed by atoms with E-state index in [1.165, 1.54) is 0 Å². The summed E-state index contributed by atoms with van der Waals surface area (Å²) in [7, 11) is 0. The lowest BCUT2D eigenvalue weighted by molar-refractivity contribution is 0.992. The second-order valence-electron chi connectivity index (χ2n) is 2.40. The van der Waals surface area contributed by atoms with Crippen molar-refractivity contribution in [1.29, 1.82) is 5.26 Å². The number of hydrogen-bond donors (Lipinski definition) is 1. The number of nitrogens with zero attached hydrogens (tertiary/aromatic N) is 1. The van der Waals surface area contributed by atoms with Crippen LogP contribution in [0.5, 0.6) is 0 Å². The molecule has 0 aromatic carbocycles. The molecule has 0 bridgehead atoms. The summed E-state index contributed by atoms with van der Waals surface area (Å²) in [6.07, 6.45) is 13.1. The van der Waals surface area contributed by atoms with Gasteiger partial charge in [0, 0.05) is 0 Å². The van der Waals surface area contributed by atoms with E-state index in [4.69, 9.17) is 11.0 Å². The number of allylic oxidation sites excluding steroid dienone is 6.